The van der Waals surface area contributed by atoms with Crippen LogP contribution in [-0.2, 0) is 0 Å². The van der Waals surface area contributed by atoms with Crippen LogP contribution >= 0.6 is 46.6 Å². The van der Waals surface area contributed by atoms with E-state index >= 15 is 0 Å². The van der Waals surface area contributed by atoms with Crippen LogP contribution in [0.2, 0.25) is 5.02 Å². The molecule has 1 aromatic carbocycles. The summed E-state index contributed by atoms with van der Waals surface area (Å²) in [5.41, 5.74) is 5.97. The minimum Gasteiger partial charge on any atom is -0.348 e. The van der Waals surface area contributed by atoms with Crippen molar-refractivity contribution in [1.82, 2.24) is 5.32 Å². The van der Waals surface area contributed by atoms with Crippen LogP contribution in [0.1, 0.15) is 17.3 Å². The molecule has 0 bridgehead atoms. The van der Waals surface area contributed by atoms with E-state index in [1.165, 1.54) is 0 Å². The molecule has 1 atom stereocenters. The number of hydrogen-bond donors (Lipinski definition) is 2. The molecule has 3 N–H and O–H groups in total. The lowest BCUT2D eigenvalue weighted by atomic mass is 10.2. The SMILES string of the molecule is C[C@H](CN)NC(=O)c1ccc(I)c(Cl)c1.Cl. The molecular formula is C10H13Cl2IN2O. The third-order valence-electron chi connectivity index (χ3n) is 1.91. The molecule has 90 valence electrons. The van der Waals surface area contributed by atoms with Crippen molar-refractivity contribution in [2.45, 2.75) is 13.0 Å². The van der Waals surface area contributed by atoms with Gasteiger partial charge in [0.2, 0.25) is 0 Å². The summed E-state index contributed by atoms with van der Waals surface area (Å²) < 4.78 is 0.928. The van der Waals surface area contributed by atoms with Gasteiger partial charge < -0.3 is 11.1 Å². The molecule has 0 saturated heterocycles. The van der Waals surface area contributed by atoms with Crippen molar-refractivity contribution >= 4 is 52.5 Å². The lowest BCUT2D eigenvalue weighted by molar-refractivity contribution is 0.0941. The zero-order chi connectivity index (χ0) is 11.4. The van der Waals surface area contributed by atoms with Crippen molar-refractivity contribution in [3.63, 3.8) is 0 Å². The minimum atomic E-state index is -0.147. The number of benzene rings is 1. The Balaban J connectivity index is 0.00000225. The van der Waals surface area contributed by atoms with Gasteiger partial charge >= 0.3 is 0 Å². The lowest BCUT2D eigenvalue weighted by Crippen LogP contribution is -2.37. The monoisotopic (exact) mass is 374 g/mol. The number of amides is 1. The number of nitrogens with one attached hydrogen (secondary N) is 1. The van der Waals surface area contributed by atoms with Crippen LogP contribution in [-0.4, -0.2) is 18.5 Å². The second-order valence-electron chi connectivity index (χ2n) is 3.24. The Morgan fingerprint density at radius 1 is 1.62 bits per heavy atom. The molecule has 0 saturated carbocycles. The van der Waals surface area contributed by atoms with E-state index in [1.54, 1.807) is 12.1 Å². The maximum Gasteiger partial charge on any atom is 0.251 e. The normalized spacial score (nSPS) is 11.5. The van der Waals surface area contributed by atoms with Crippen LogP contribution in [0.5, 0.6) is 0 Å². The van der Waals surface area contributed by atoms with Gasteiger partial charge in [-0.15, -0.1) is 12.4 Å². The molecule has 0 spiro atoms. The first-order valence-corrected chi connectivity index (χ1v) is 5.96. The standard InChI is InChI=1S/C10H12ClIN2O.ClH/c1-6(5-13)14-10(15)7-2-3-9(12)8(11)4-7;/h2-4,6H,5,13H2,1H3,(H,14,15);1H/t6-;/m1./s1. The second kappa shape index (κ2) is 7.32. The summed E-state index contributed by atoms with van der Waals surface area (Å²) in [6.07, 6.45) is 0. The van der Waals surface area contributed by atoms with Gasteiger partial charge in [-0.2, -0.15) is 0 Å². The first-order chi connectivity index (χ1) is 7.04. The largest absolute Gasteiger partial charge is 0.348 e. The first kappa shape index (κ1) is 16.0. The molecule has 0 fully saturated rings. The highest BCUT2D eigenvalue weighted by atomic mass is 127. The molecule has 0 aromatic heterocycles. The van der Waals surface area contributed by atoms with Crippen molar-refractivity contribution in [2.24, 2.45) is 5.73 Å². The van der Waals surface area contributed by atoms with Crippen LogP contribution < -0.4 is 11.1 Å². The van der Waals surface area contributed by atoms with Gasteiger partial charge in [-0.05, 0) is 47.7 Å². The van der Waals surface area contributed by atoms with E-state index < -0.39 is 0 Å². The fourth-order valence-electron chi connectivity index (χ4n) is 1.00. The number of rotatable bonds is 3. The fourth-order valence-corrected chi connectivity index (χ4v) is 1.52. The van der Waals surface area contributed by atoms with Crippen molar-refractivity contribution in [1.29, 1.82) is 0 Å². The van der Waals surface area contributed by atoms with Gasteiger partial charge in [-0.3, -0.25) is 4.79 Å². The van der Waals surface area contributed by atoms with Gasteiger partial charge in [0, 0.05) is 21.7 Å². The molecule has 0 aliphatic carbocycles. The second-order valence-corrected chi connectivity index (χ2v) is 4.81. The highest BCUT2D eigenvalue weighted by Crippen LogP contribution is 2.19. The molecule has 0 aliphatic rings. The van der Waals surface area contributed by atoms with E-state index in [4.69, 9.17) is 17.3 Å². The van der Waals surface area contributed by atoms with Gasteiger partial charge in [-0.1, -0.05) is 11.6 Å². The van der Waals surface area contributed by atoms with E-state index in [2.05, 4.69) is 27.9 Å². The highest BCUT2D eigenvalue weighted by molar-refractivity contribution is 14.1. The Morgan fingerprint density at radius 3 is 2.75 bits per heavy atom. The van der Waals surface area contributed by atoms with E-state index in [1.807, 2.05) is 13.0 Å². The average molecular weight is 375 g/mol. The van der Waals surface area contributed by atoms with Crippen molar-refractivity contribution in [2.75, 3.05) is 6.54 Å². The molecule has 3 nitrogen and oxygen atoms in total. The van der Waals surface area contributed by atoms with Crippen molar-refractivity contribution in [3.05, 3.63) is 32.4 Å². The molecule has 16 heavy (non-hydrogen) atoms. The van der Waals surface area contributed by atoms with E-state index in [-0.39, 0.29) is 24.4 Å². The molecule has 0 aliphatic heterocycles. The van der Waals surface area contributed by atoms with Crippen LogP contribution in [0.3, 0.4) is 0 Å². The predicted octanol–water partition coefficient (Wildman–Crippen LogP) is 2.44. The third-order valence-corrected chi connectivity index (χ3v) is 3.49. The summed E-state index contributed by atoms with van der Waals surface area (Å²) in [5.74, 6) is -0.147. The van der Waals surface area contributed by atoms with Crippen LogP contribution in [0.4, 0.5) is 0 Å². The lowest BCUT2D eigenvalue weighted by Gasteiger charge is -2.11. The zero-order valence-electron chi connectivity index (χ0n) is 8.67. The number of halogens is 3. The molecule has 0 radical (unpaired) electrons. The van der Waals surface area contributed by atoms with Crippen LogP contribution in [0.15, 0.2) is 18.2 Å². The predicted molar refractivity (Wildman–Crippen MR) is 77.4 cm³/mol. The maximum absolute atomic E-state index is 11.6. The van der Waals surface area contributed by atoms with Crippen molar-refractivity contribution in [3.8, 4) is 0 Å². The molecule has 6 heteroatoms. The minimum absolute atomic E-state index is 0. The Kier molecular flexibility index (Phi) is 7.30. The number of carbonyl (C=O) groups is 1. The third kappa shape index (κ3) is 4.45. The van der Waals surface area contributed by atoms with Gasteiger partial charge in [0.1, 0.15) is 0 Å². The van der Waals surface area contributed by atoms with Gasteiger partial charge in [-0.25, -0.2) is 0 Å². The molecule has 1 rings (SSSR count). The first-order valence-electron chi connectivity index (χ1n) is 4.50. The summed E-state index contributed by atoms with van der Waals surface area (Å²) in [6.45, 7) is 2.27. The summed E-state index contributed by atoms with van der Waals surface area (Å²) in [7, 11) is 0. The molecular weight excluding hydrogens is 362 g/mol. The quantitative estimate of drug-likeness (QED) is 0.798. The molecule has 1 aromatic rings. The maximum atomic E-state index is 11.6. The van der Waals surface area contributed by atoms with Gasteiger partial charge in [0.05, 0.1) is 5.02 Å². The Hall–Kier alpha value is -0.0400. The van der Waals surface area contributed by atoms with E-state index in [0.717, 1.165) is 3.57 Å². The van der Waals surface area contributed by atoms with Crippen LogP contribution in [0.25, 0.3) is 0 Å². The molecule has 0 heterocycles. The number of carbonyl (C=O) groups excluding carboxylic acids is 1. The average Bonchev–Trinajstić information content (AvgIpc) is 2.21. The van der Waals surface area contributed by atoms with Gasteiger partial charge in [0.25, 0.3) is 5.91 Å². The molecule has 1 amide bonds. The summed E-state index contributed by atoms with van der Waals surface area (Å²) >= 11 is 8.03. The molecule has 0 unspecified atom stereocenters. The van der Waals surface area contributed by atoms with E-state index in [9.17, 15) is 4.79 Å². The number of nitrogens with two attached hydrogens (primary N) is 1. The van der Waals surface area contributed by atoms with E-state index in [0.29, 0.717) is 17.1 Å². The highest BCUT2D eigenvalue weighted by Gasteiger charge is 2.09. The Morgan fingerprint density at radius 2 is 2.25 bits per heavy atom. The summed E-state index contributed by atoms with van der Waals surface area (Å²) in [6, 6.07) is 5.18. The summed E-state index contributed by atoms with van der Waals surface area (Å²) in [5, 5.41) is 3.35. The van der Waals surface area contributed by atoms with Crippen LogP contribution in [0, 0.1) is 3.57 Å². The summed E-state index contributed by atoms with van der Waals surface area (Å²) in [4.78, 5) is 11.6. The smallest absolute Gasteiger partial charge is 0.251 e. The van der Waals surface area contributed by atoms with Gasteiger partial charge in [0.15, 0.2) is 0 Å². The Bertz CT molecular complexity index is 374. The Labute approximate surface area is 120 Å². The van der Waals surface area contributed by atoms with Crippen molar-refractivity contribution < 1.29 is 4.79 Å². The number of hydrogen-bond acceptors (Lipinski definition) is 2. The zero-order valence-corrected chi connectivity index (χ0v) is 12.4. The fraction of sp³-hybridized carbons (Fsp3) is 0.300. The topological polar surface area (TPSA) is 55.1 Å².